The van der Waals surface area contributed by atoms with Gasteiger partial charge in [0.2, 0.25) is 5.76 Å². The molecule has 0 radical (unpaired) electrons. The molecule has 1 unspecified atom stereocenters. The summed E-state index contributed by atoms with van der Waals surface area (Å²) in [5, 5.41) is 19.0. The van der Waals surface area contributed by atoms with Crippen molar-refractivity contribution in [3.05, 3.63) is 59.3 Å². The van der Waals surface area contributed by atoms with Crippen LogP contribution in [0.15, 0.2) is 40.8 Å². The van der Waals surface area contributed by atoms with E-state index in [0.717, 1.165) is 0 Å². The Morgan fingerprint density at radius 3 is 2.50 bits per heavy atom. The highest BCUT2D eigenvalue weighted by molar-refractivity contribution is 5.84. The van der Waals surface area contributed by atoms with Gasteiger partial charge < -0.3 is 14.6 Å². The van der Waals surface area contributed by atoms with Crippen molar-refractivity contribution < 1.29 is 23.8 Å². The van der Waals surface area contributed by atoms with E-state index in [4.69, 9.17) is 9.52 Å². The highest BCUT2D eigenvalue weighted by Crippen LogP contribution is 2.31. The minimum absolute atomic E-state index is 0.0231. The number of benzene rings is 1. The van der Waals surface area contributed by atoms with Gasteiger partial charge in [0.1, 0.15) is 17.2 Å². The Morgan fingerprint density at radius 2 is 1.94 bits per heavy atom. The quantitative estimate of drug-likeness (QED) is 0.877. The topological polar surface area (TPSA) is 70.7 Å². The second kappa shape index (κ2) is 4.27. The number of carboxylic acid groups (broad SMARTS) is 1. The molecule has 2 rings (SSSR count). The van der Waals surface area contributed by atoms with Crippen LogP contribution >= 0.6 is 0 Å². The molecule has 2 aromatic rings. The molecule has 0 spiro atoms. The first-order chi connectivity index (χ1) is 8.43. The van der Waals surface area contributed by atoms with Crippen LogP contribution in [0.3, 0.4) is 0 Å². The highest BCUT2D eigenvalue weighted by atomic mass is 19.1. The summed E-state index contributed by atoms with van der Waals surface area (Å²) in [6, 6.07) is 8.24. The zero-order chi connectivity index (χ0) is 13.3. The average molecular weight is 250 g/mol. The van der Waals surface area contributed by atoms with Gasteiger partial charge in [0.05, 0.1) is 0 Å². The van der Waals surface area contributed by atoms with Gasteiger partial charge in [0.15, 0.2) is 0 Å². The van der Waals surface area contributed by atoms with Gasteiger partial charge >= 0.3 is 5.97 Å². The first-order valence-electron chi connectivity index (χ1n) is 5.24. The molecule has 0 saturated carbocycles. The lowest BCUT2D eigenvalue weighted by molar-refractivity contribution is 0.0591. The van der Waals surface area contributed by atoms with E-state index in [1.54, 1.807) is 6.07 Å². The SMILES string of the molecule is CC(O)(c1ccc(C(=O)O)o1)c1ccccc1F. The number of aliphatic hydroxyl groups is 1. The fourth-order valence-electron chi connectivity index (χ4n) is 1.70. The van der Waals surface area contributed by atoms with Gasteiger partial charge in [0.25, 0.3) is 0 Å². The summed E-state index contributed by atoms with van der Waals surface area (Å²) in [5.74, 6) is -2.16. The fourth-order valence-corrected chi connectivity index (χ4v) is 1.70. The van der Waals surface area contributed by atoms with E-state index in [2.05, 4.69) is 0 Å². The maximum Gasteiger partial charge on any atom is 0.371 e. The Morgan fingerprint density at radius 1 is 1.28 bits per heavy atom. The fraction of sp³-hybridized carbons (Fsp3) is 0.154. The molecule has 18 heavy (non-hydrogen) atoms. The Kier molecular flexibility index (Phi) is 2.92. The first-order valence-corrected chi connectivity index (χ1v) is 5.24. The number of hydrogen-bond acceptors (Lipinski definition) is 3. The largest absolute Gasteiger partial charge is 0.475 e. The molecule has 1 aromatic heterocycles. The minimum atomic E-state index is -1.72. The van der Waals surface area contributed by atoms with E-state index in [1.165, 1.54) is 37.3 Å². The van der Waals surface area contributed by atoms with Crippen LogP contribution in [-0.4, -0.2) is 16.2 Å². The third-order valence-electron chi connectivity index (χ3n) is 2.69. The van der Waals surface area contributed by atoms with Crippen molar-refractivity contribution in [2.75, 3.05) is 0 Å². The molecule has 0 amide bonds. The van der Waals surface area contributed by atoms with Gasteiger partial charge in [0, 0.05) is 5.56 Å². The third-order valence-corrected chi connectivity index (χ3v) is 2.69. The monoisotopic (exact) mass is 250 g/mol. The maximum absolute atomic E-state index is 13.6. The Bertz CT molecular complexity index is 586. The molecule has 0 saturated heterocycles. The Hall–Kier alpha value is -2.14. The molecule has 0 bridgehead atoms. The number of carbonyl (C=O) groups is 1. The van der Waals surface area contributed by atoms with E-state index in [9.17, 15) is 14.3 Å². The van der Waals surface area contributed by atoms with Crippen LogP contribution in [0.2, 0.25) is 0 Å². The van der Waals surface area contributed by atoms with Crippen molar-refractivity contribution in [1.82, 2.24) is 0 Å². The molecule has 1 atom stereocenters. The van der Waals surface area contributed by atoms with Crippen LogP contribution in [0, 0.1) is 5.82 Å². The van der Waals surface area contributed by atoms with Crippen molar-refractivity contribution in [2.24, 2.45) is 0 Å². The summed E-state index contributed by atoms with van der Waals surface area (Å²) in [6.07, 6.45) is 0. The van der Waals surface area contributed by atoms with Crippen LogP contribution < -0.4 is 0 Å². The molecule has 0 aliphatic carbocycles. The van der Waals surface area contributed by atoms with Gasteiger partial charge in [-0.1, -0.05) is 18.2 Å². The zero-order valence-corrected chi connectivity index (χ0v) is 9.55. The molecular weight excluding hydrogens is 239 g/mol. The predicted molar refractivity (Wildman–Crippen MR) is 60.7 cm³/mol. The van der Waals surface area contributed by atoms with Crippen molar-refractivity contribution in [3.63, 3.8) is 0 Å². The lowest BCUT2D eigenvalue weighted by Gasteiger charge is -2.21. The van der Waals surface area contributed by atoms with Gasteiger partial charge in [-0.25, -0.2) is 9.18 Å². The normalized spacial score (nSPS) is 14.2. The number of carboxylic acids is 1. The van der Waals surface area contributed by atoms with Crippen molar-refractivity contribution in [3.8, 4) is 0 Å². The molecule has 0 aliphatic heterocycles. The Labute approximate surface area is 102 Å². The number of hydrogen-bond donors (Lipinski definition) is 2. The molecule has 0 aliphatic rings. The summed E-state index contributed by atoms with van der Waals surface area (Å²) in [4.78, 5) is 10.7. The summed E-state index contributed by atoms with van der Waals surface area (Å²) < 4.78 is 18.6. The van der Waals surface area contributed by atoms with Crippen LogP contribution in [0.5, 0.6) is 0 Å². The number of aromatic carboxylic acids is 1. The van der Waals surface area contributed by atoms with Gasteiger partial charge in [-0.15, -0.1) is 0 Å². The molecule has 2 N–H and O–H groups in total. The highest BCUT2D eigenvalue weighted by Gasteiger charge is 2.32. The summed E-state index contributed by atoms with van der Waals surface area (Å²) in [6.45, 7) is 1.34. The van der Waals surface area contributed by atoms with E-state index in [0.29, 0.717) is 0 Å². The second-order valence-electron chi connectivity index (χ2n) is 4.02. The number of furan rings is 1. The van der Waals surface area contributed by atoms with Crippen LogP contribution in [0.25, 0.3) is 0 Å². The molecule has 4 nitrogen and oxygen atoms in total. The van der Waals surface area contributed by atoms with Gasteiger partial charge in [-0.3, -0.25) is 0 Å². The number of rotatable bonds is 3. The van der Waals surface area contributed by atoms with E-state index in [-0.39, 0.29) is 17.1 Å². The lowest BCUT2D eigenvalue weighted by Crippen LogP contribution is -2.23. The molecular formula is C13H11FO4. The predicted octanol–water partition coefficient (Wildman–Crippen LogP) is 2.37. The molecule has 5 heteroatoms. The van der Waals surface area contributed by atoms with Crippen molar-refractivity contribution >= 4 is 5.97 Å². The van der Waals surface area contributed by atoms with Gasteiger partial charge in [-0.05, 0) is 25.1 Å². The zero-order valence-electron chi connectivity index (χ0n) is 9.55. The molecule has 0 fully saturated rings. The summed E-state index contributed by atoms with van der Waals surface area (Å²) >= 11 is 0. The van der Waals surface area contributed by atoms with Crippen molar-refractivity contribution in [2.45, 2.75) is 12.5 Å². The summed E-state index contributed by atoms with van der Waals surface area (Å²) in [7, 11) is 0. The third kappa shape index (κ3) is 2.00. The van der Waals surface area contributed by atoms with Crippen LogP contribution in [-0.2, 0) is 5.60 Å². The average Bonchev–Trinajstić information content (AvgIpc) is 2.79. The molecule has 94 valence electrons. The minimum Gasteiger partial charge on any atom is -0.475 e. The lowest BCUT2D eigenvalue weighted by atomic mass is 9.93. The van der Waals surface area contributed by atoms with Crippen molar-refractivity contribution in [1.29, 1.82) is 0 Å². The summed E-state index contributed by atoms with van der Waals surface area (Å²) in [5.41, 5.74) is -1.70. The van der Waals surface area contributed by atoms with Crippen LogP contribution in [0.1, 0.15) is 28.8 Å². The maximum atomic E-state index is 13.6. The van der Waals surface area contributed by atoms with E-state index < -0.39 is 17.4 Å². The van der Waals surface area contributed by atoms with E-state index in [1.807, 2.05) is 0 Å². The molecule has 1 heterocycles. The van der Waals surface area contributed by atoms with Crippen LogP contribution in [0.4, 0.5) is 4.39 Å². The van der Waals surface area contributed by atoms with E-state index >= 15 is 0 Å². The first kappa shape index (κ1) is 12.3. The smallest absolute Gasteiger partial charge is 0.371 e. The standard InChI is InChI=1S/C13H11FO4/c1-13(17,8-4-2-3-5-9(8)14)11-7-6-10(18-11)12(15)16/h2-7,17H,1H3,(H,15,16). The number of halogens is 1. The second-order valence-corrected chi connectivity index (χ2v) is 4.02. The Balaban J connectivity index is 2.47. The van der Waals surface area contributed by atoms with Gasteiger partial charge in [-0.2, -0.15) is 0 Å². The molecule has 1 aromatic carbocycles.